The summed E-state index contributed by atoms with van der Waals surface area (Å²) < 4.78 is 5.88. The van der Waals surface area contributed by atoms with E-state index in [9.17, 15) is 19.2 Å². The third kappa shape index (κ3) is 1.85. The van der Waals surface area contributed by atoms with E-state index >= 15 is 0 Å². The minimum Gasteiger partial charge on any atom is -0.481 e. The molecule has 1 unspecified atom stereocenters. The quantitative estimate of drug-likeness (QED) is 0.436. The van der Waals surface area contributed by atoms with Gasteiger partial charge in [-0.05, 0) is 19.1 Å². The maximum atomic E-state index is 12.2. The van der Waals surface area contributed by atoms with Crippen LogP contribution in [0.2, 0.25) is 0 Å². The van der Waals surface area contributed by atoms with E-state index in [1.165, 1.54) is 25.3 Å². The lowest BCUT2D eigenvalue weighted by Gasteiger charge is -2.34. The maximum Gasteiger partial charge on any atom is 0.342 e. The number of hydrogen-bond acceptors (Lipinski definition) is 5. The molecule has 0 aromatic carbocycles. The van der Waals surface area contributed by atoms with Gasteiger partial charge >= 0.3 is 11.9 Å². The predicted molar refractivity (Wildman–Crippen MR) is 63.8 cm³/mol. The Bertz CT molecular complexity index is 605. The highest BCUT2D eigenvalue weighted by molar-refractivity contribution is 6.17. The standard InChI is InChI=1S/C12H12N2O6/c1-2-20-11(19)12(6-8(15)16)10(18)13-9(17)7-4-3-5-14(7)12/h3-5H,2,6H2,1H3,(H,15,16)(H,13,17,18). The lowest BCUT2D eigenvalue weighted by molar-refractivity contribution is -0.164. The highest BCUT2D eigenvalue weighted by atomic mass is 16.5. The Labute approximate surface area is 113 Å². The van der Waals surface area contributed by atoms with Crippen molar-refractivity contribution in [2.75, 3.05) is 6.61 Å². The second kappa shape index (κ2) is 4.80. The average molecular weight is 280 g/mol. The number of carboxylic acid groups (broad SMARTS) is 1. The molecule has 8 heteroatoms. The normalized spacial score (nSPS) is 21.1. The van der Waals surface area contributed by atoms with Gasteiger partial charge in [-0.15, -0.1) is 0 Å². The van der Waals surface area contributed by atoms with Crippen molar-refractivity contribution in [1.29, 1.82) is 0 Å². The number of rotatable bonds is 4. The average Bonchev–Trinajstić information content (AvgIpc) is 2.84. The Hall–Kier alpha value is -2.64. The number of carbonyl (C=O) groups excluding carboxylic acids is 3. The van der Waals surface area contributed by atoms with Gasteiger partial charge in [-0.25, -0.2) is 4.79 Å². The molecule has 2 rings (SSSR count). The van der Waals surface area contributed by atoms with Crippen molar-refractivity contribution in [3.8, 4) is 0 Å². The predicted octanol–water partition coefficient (Wildman–Crippen LogP) is -0.509. The summed E-state index contributed by atoms with van der Waals surface area (Å²) in [6.45, 7) is 1.52. The fraction of sp³-hybridized carbons (Fsp3) is 0.333. The molecule has 1 aromatic rings. The van der Waals surface area contributed by atoms with E-state index in [2.05, 4.69) is 0 Å². The molecule has 0 saturated heterocycles. The van der Waals surface area contributed by atoms with Gasteiger partial charge in [-0.3, -0.25) is 19.7 Å². The van der Waals surface area contributed by atoms with Crippen molar-refractivity contribution >= 4 is 23.8 Å². The zero-order valence-corrected chi connectivity index (χ0v) is 10.6. The zero-order chi connectivity index (χ0) is 14.9. The molecule has 0 bridgehead atoms. The maximum absolute atomic E-state index is 12.2. The van der Waals surface area contributed by atoms with Crippen LogP contribution in [0.3, 0.4) is 0 Å². The number of aromatic nitrogens is 1. The van der Waals surface area contributed by atoms with Gasteiger partial charge in [-0.2, -0.15) is 0 Å². The first-order valence-corrected chi connectivity index (χ1v) is 5.86. The highest BCUT2D eigenvalue weighted by Gasteiger charge is 2.55. The summed E-state index contributed by atoms with van der Waals surface area (Å²) in [5.41, 5.74) is -2.08. The minimum atomic E-state index is -2.10. The Morgan fingerprint density at radius 2 is 2.15 bits per heavy atom. The summed E-state index contributed by atoms with van der Waals surface area (Å²) >= 11 is 0. The monoisotopic (exact) mass is 280 g/mol. The van der Waals surface area contributed by atoms with Crippen LogP contribution < -0.4 is 5.32 Å². The molecule has 106 valence electrons. The van der Waals surface area contributed by atoms with Crippen LogP contribution in [0, 0.1) is 0 Å². The van der Waals surface area contributed by atoms with Gasteiger partial charge in [0.05, 0.1) is 13.0 Å². The Balaban J connectivity index is 2.64. The summed E-state index contributed by atoms with van der Waals surface area (Å²) in [6.07, 6.45) is 0.498. The number of carboxylic acids is 1. The van der Waals surface area contributed by atoms with Crippen LogP contribution in [0.1, 0.15) is 23.8 Å². The SMILES string of the molecule is CCOC(=O)C1(CC(=O)O)C(=O)NC(=O)c2cccn21. The molecule has 2 heterocycles. The number of nitrogens with one attached hydrogen (secondary N) is 1. The fourth-order valence-electron chi connectivity index (χ4n) is 2.18. The largest absolute Gasteiger partial charge is 0.481 e. The van der Waals surface area contributed by atoms with E-state index in [1.54, 1.807) is 0 Å². The molecule has 0 spiro atoms. The fourth-order valence-corrected chi connectivity index (χ4v) is 2.18. The first-order valence-electron chi connectivity index (χ1n) is 5.86. The minimum absolute atomic E-state index is 0.0158. The van der Waals surface area contributed by atoms with E-state index in [0.717, 1.165) is 4.57 Å². The van der Waals surface area contributed by atoms with Crippen molar-refractivity contribution in [2.24, 2.45) is 0 Å². The second-order valence-corrected chi connectivity index (χ2v) is 4.20. The summed E-state index contributed by atoms with van der Waals surface area (Å²) in [5.74, 6) is -4.07. The van der Waals surface area contributed by atoms with Crippen LogP contribution in [0.25, 0.3) is 0 Å². The number of nitrogens with zero attached hydrogens (tertiary/aromatic N) is 1. The Kier molecular flexibility index (Phi) is 3.31. The molecule has 1 aromatic heterocycles. The van der Waals surface area contributed by atoms with Crippen molar-refractivity contribution in [2.45, 2.75) is 18.9 Å². The Morgan fingerprint density at radius 1 is 1.45 bits per heavy atom. The van der Waals surface area contributed by atoms with E-state index in [4.69, 9.17) is 9.84 Å². The Morgan fingerprint density at radius 3 is 2.75 bits per heavy atom. The summed E-state index contributed by atoms with van der Waals surface area (Å²) in [4.78, 5) is 47.0. The van der Waals surface area contributed by atoms with Gasteiger partial charge < -0.3 is 14.4 Å². The first kappa shape index (κ1) is 13.8. The molecule has 1 aliphatic heterocycles. The van der Waals surface area contributed by atoms with Crippen molar-refractivity contribution in [3.05, 3.63) is 24.0 Å². The van der Waals surface area contributed by atoms with Crippen LogP contribution >= 0.6 is 0 Å². The smallest absolute Gasteiger partial charge is 0.342 e. The third-order valence-corrected chi connectivity index (χ3v) is 3.02. The molecule has 0 aliphatic carbocycles. The number of carbonyl (C=O) groups is 4. The highest BCUT2D eigenvalue weighted by Crippen LogP contribution is 2.29. The molecule has 2 N–H and O–H groups in total. The van der Waals surface area contributed by atoms with Crippen LogP contribution in [0.4, 0.5) is 0 Å². The van der Waals surface area contributed by atoms with Crippen LogP contribution in [-0.4, -0.2) is 40.0 Å². The van der Waals surface area contributed by atoms with E-state index in [1.807, 2.05) is 5.32 Å². The number of fused-ring (bicyclic) bond motifs is 1. The summed E-state index contributed by atoms with van der Waals surface area (Å²) in [5, 5.41) is 11.0. The lowest BCUT2D eigenvalue weighted by atomic mass is 9.91. The van der Waals surface area contributed by atoms with Gasteiger partial charge in [0.15, 0.2) is 0 Å². The third-order valence-electron chi connectivity index (χ3n) is 3.02. The molecule has 2 amide bonds. The first-order chi connectivity index (χ1) is 9.43. The van der Waals surface area contributed by atoms with E-state index in [-0.39, 0.29) is 12.3 Å². The summed E-state index contributed by atoms with van der Waals surface area (Å²) in [7, 11) is 0. The lowest BCUT2D eigenvalue weighted by Crippen LogP contribution is -2.61. The van der Waals surface area contributed by atoms with Gasteiger partial charge in [0.2, 0.25) is 5.54 Å². The van der Waals surface area contributed by atoms with Gasteiger partial charge in [-0.1, -0.05) is 0 Å². The second-order valence-electron chi connectivity index (χ2n) is 4.20. The molecular formula is C12H12N2O6. The van der Waals surface area contributed by atoms with Crippen LogP contribution in [0.5, 0.6) is 0 Å². The number of ether oxygens (including phenoxy) is 1. The number of amides is 2. The number of aliphatic carboxylic acids is 1. The molecule has 0 radical (unpaired) electrons. The molecule has 20 heavy (non-hydrogen) atoms. The number of hydrogen-bond donors (Lipinski definition) is 2. The molecule has 0 saturated carbocycles. The molecule has 1 atom stereocenters. The van der Waals surface area contributed by atoms with Gasteiger partial charge in [0.25, 0.3) is 11.8 Å². The van der Waals surface area contributed by atoms with Gasteiger partial charge in [0, 0.05) is 6.20 Å². The molecule has 1 aliphatic rings. The molecular weight excluding hydrogens is 268 g/mol. The topological polar surface area (TPSA) is 115 Å². The van der Waals surface area contributed by atoms with Crippen molar-refractivity contribution in [1.82, 2.24) is 9.88 Å². The van der Waals surface area contributed by atoms with Gasteiger partial charge in [0.1, 0.15) is 5.69 Å². The van der Waals surface area contributed by atoms with E-state index in [0.29, 0.717) is 0 Å². The zero-order valence-electron chi connectivity index (χ0n) is 10.6. The van der Waals surface area contributed by atoms with Crippen LogP contribution in [-0.2, 0) is 24.7 Å². The van der Waals surface area contributed by atoms with Crippen molar-refractivity contribution in [3.63, 3.8) is 0 Å². The summed E-state index contributed by atoms with van der Waals surface area (Å²) in [6, 6.07) is 2.83. The number of esters is 1. The van der Waals surface area contributed by atoms with Crippen LogP contribution in [0.15, 0.2) is 18.3 Å². The van der Waals surface area contributed by atoms with Crippen molar-refractivity contribution < 1.29 is 29.0 Å². The molecule has 0 fully saturated rings. The molecule has 8 nitrogen and oxygen atoms in total. The van der Waals surface area contributed by atoms with E-state index < -0.39 is 35.7 Å². The number of imide groups is 1.